The number of H-pyrrole nitrogens is 1. The molecule has 0 fully saturated rings. The number of aromatic nitrogens is 4. The van der Waals surface area contributed by atoms with Gasteiger partial charge < -0.3 is 15.3 Å². The van der Waals surface area contributed by atoms with Crippen molar-refractivity contribution in [2.75, 3.05) is 11.4 Å². The normalized spacial score (nSPS) is 14.1. The van der Waals surface area contributed by atoms with Crippen molar-refractivity contribution in [3.05, 3.63) is 107 Å². The predicted octanol–water partition coefficient (Wildman–Crippen LogP) is 3.56. The number of hydrogen-bond acceptors (Lipinski definition) is 6. The number of halogens is 3. The van der Waals surface area contributed by atoms with E-state index in [0.29, 0.717) is 30.0 Å². The highest BCUT2D eigenvalue weighted by Gasteiger charge is 2.38. The minimum Gasteiger partial charge on any atom is -0.475 e. The summed E-state index contributed by atoms with van der Waals surface area (Å²) in [4.78, 5) is 45.1. The number of fused-ring (bicyclic) bond motifs is 1. The Labute approximate surface area is 219 Å². The number of alkyl halides is 3. The van der Waals surface area contributed by atoms with Crippen LogP contribution in [0.3, 0.4) is 0 Å². The Kier molecular flexibility index (Phi) is 7.98. The molecule has 0 aliphatic carbocycles. The van der Waals surface area contributed by atoms with Crippen molar-refractivity contribution in [1.82, 2.24) is 25.5 Å². The van der Waals surface area contributed by atoms with Crippen molar-refractivity contribution in [2.24, 2.45) is 0 Å². The summed E-state index contributed by atoms with van der Waals surface area (Å²) >= 11 is 0. The first kappa shape index (κ1) is 27.0. The van der Waals surface area contributed by atoms with E-state index in [2.05, 4.69) is 25.5 Å². The van der Waals surface area contributed by atoms with E-state index in [0.717, 1.165) is 16.9 Å². The number of nitrogens with one attached hydrogen (secondary N) is 2. The van der Waals surface area contributed by atoms with Crippen LogP contribution in [0, 0.1) is 0 Å². The van der Waals surface area contributed by atoms with Gasteiger partial charge in [-0.2, -0.15) is 18.3 Å². The molecule has 2 aromatic heterocycles. The number of anilines is 1. The van der Waals surface area contributed by atoms with Gasteiger partial charge in [-0.3, -0.25) is 19.7 Å². The summed E-state index contributed by atoms with van der Waals surface area (Å²) in [6, 6.07) is 20.1. The van der Waals surface area contributed by atoms with Crippen molar-refractivity contribution < 1.29 is 32.7 Å². The third-order valence-corrected chi connectivity index (χ3v) is 5.75. The zero-order chi connectivity index (χ0) is 28.0. The molecule has 10 nitrogen and oxygen atoms in total. The van der Waals surface area contributed by atoms with Crippen LogP contribution in [0.5, 0.6) is 0 Å². The summed E-state index contributed by atoms with van der Waals surface area (Å²) in [7, 11) is 0. The molecule has 4 aromatic rings. The highest BCUT2D eigenvalue weighted by molar-refractivity contribution is 6.08. The molecule has 1 atom stereocenters. The van der Waals surface area contributed by atoms with Gasteiger partial charge in [-0.25, -0.2) is 9.78 Å². The number of carboxylic acids is 1. The van der Waals surface area contributed by atoms with E-state index in [-0.39, 0.29) is 17.7 Å². The number of amides is 2. The van der Waals surface area contributed by atoms with Crippen molar-refractivity contribution in [1.29, 1.82) is 0 Å². The van der Waals surface area contributed by atoms with E-state index < -0.39 is 12.1 Å². The van der Waals surface area contributed by atoms with Crippen LogP contribution in [0.15, 0.2) is 79.3 Å². The molecule has 2 aromatic carbocycles. The summed E-state index contributed by atoms with van der Waals surface area (Å²) in [6.07, 6.45) is -1.95. The number of aliphatic carboxylic acids is 1. The van der Waals surface area contributed by atoms with E-state index >= 15 is 0 Å². The average molecular weight is 538 g/mol. The topological polar surface area (TPSA) is 141 Å². The molecule has 1 aliphatic heterocycles. The minimum absolute atomic E-state index is 0.0961. The maximum atomic E-state index is 13.2. The lowest BCUT2D eigenvalue weighted by Gasteiger charge is -2.18. The first-order valence-corrected chi connectivity index (χ1v) is 11.5. The molecule has 39 heavy (non-hydrogen) atoms. The fraction of sp³-hybridized carbons (Fsp3) is 0.154. The molecule has 1 aliphatic rings. The van der Waals surface area contributed by atoms with Gasteiger partial charge in [0.2, 0.25) is 0 Å². The van der Waals surface area contributed by atoms with Gasteiger partial charge in [0.1, 0.15) is 12.2 Å². The van der Waals surface area contributed by atoms with Crippen LogP contribution in [0.4, 0.5) is 18.9 Å². The smallest absolute Gasteiger partial charge is 0.475 e. The van der Waals surface area contributed by atoms with Gasteiger partial charge in [0, 0.05) is 29.6 Å². The van der Waals surface area contributed by atoms with Crippen LogP contribution in [0.2, 0.25) is 0 Å². The summed E-state index contributed by atoms with van der Waals surface area (Å²) in [5, 5.41) is 16.9. The summed E-state index contributed by atoms with van der Waals surface area (Å²) < 4.78 is 31.7. The Hall–Kier alpha value is -5.07. The molecular formula is C26H21F3N6O4. The molecule has 1 unspecified atom stereocenters. The van der Waals surface area contributed by atoms with Crippen molar-refractivity contribution in [3.8, 4) is 0 Å². The van der Waals surface area contributed by atoms with E-state index in [1.165, 1.54) is 6.33 Å². The Bertz CT molecular complexity index is 1450. The van der Waals surface area contributed by atoms with Crippen molar-refractivity contribution in [3.63, 3.8) is 0 Å². The fourth-order valence-corrected chi connectivity index (χ4v) is 3.92. The zero-order valence-electron chi connectivity index (χ0n) is 20.1. The van der Waals surface area contributed by atoms with Gasteiger partial charge in [-0.1, -0.05) is 24.3 Å². The number of carbonyl (C=O) groups excluding carboxylic acids is 2. The third kappa shape index (κ3) is 6.44. The van der Waals surface area contributed by atoms with Gasteiger partial charge in [0.15, 0.2) is 0 Å². The molecule has 200 valence electrons. The fourth-order valence-electron chi connectivity index (χ4n) is 3.92. The standard InChI is InChI=1S/C24H20N6O2.C2HF3O2/c31-23(26-13-18-8-4-5-11-25-18)17-9-10-21-19(12-17)20(22-27-15-28-29-22)14-30(21)24(32)16-6-2-1-3-7-16;3-2(4,5)1(6)7/h1-12,15,20H,13-14H2,(H,26,31)(H,27,28,29);(H,6,7). The average Bonchev–Trinajstić information content (AvgIpc) is 3.60. The van der Waals surface area contributed by atoms with Gasteiger partial charge in [0.25, 0.3) is 11.8 Å². The lowest BCUT2D eigenvalue weighted by atomic mass is 9.98. The first-order chi connectivity index (χ1) is 18.6. The van der Waals surface area contributed by atoms with Gasteiger partial charge in [0.05, 0.1) is 18.2 Å². The Morgan fingerprint density at radius 2 is 1.72 bits per heavy atom. The van der Waals surface area contributed by atoms with Crippen LogP contribution in [0.25, 0.3) is 0 Å². The quantitative estimate of drug-likeness (QED) is 0.353. The highest BCUT2D eigenvalue weighted by Crippen LogP contribution is 2.40. The Morgan fingerprint density at radius 3 is 2.33 bits per heavy atom. The molecule has 0 radical (unpaired) electrons. The monoisotopic (exact) mass is 538 g/mol. The molecule has 0 spiro atoms. The lowest BCUT2D eigenvalue weighted by molar-refractivity contribution is -0.192. The van der Waals surface area contributed by atoms with Crippen molar-refractivity contribution in [2.45, 2.75) is 18.6 Å². The molecule has 0 saturated heterocycles. The maximum Gasteiger partial charge on any atom is 0.490 e. The van der Waals surface area contributed by atoms with Gasteiger partial charge in [-0.15, -0.1) is 0 Å². The van der Waals surface area contributed by atoms with Gasteiger partial charge >= 0.3 is 12.1 Å². The summed E-state index contributed by atoms with van der Waals surface area (Å²) in [5.74, 6) is -2.61. The van der Waals surface area contributed by atoms with Gasteiger partial charge in [-0.05, 0) is 48.0 Å². The van der Waals surface area contributed by atoms with E-state index in [4.69, 9.17) is 9.90 Å². The number of carbonyl (C=O) groups is 3. The molecule has 3 heterocycles. The highest BCUT2D eigenvalue weighted by atomic mass is 19.4. The van der Waals surface area contributed by atoms with E-state index in [1.54, 1.807) is 29.3 Å². The predicted molar refractivity (Wildman–Crippen MR) is 132 cm³/mol. The number of nitrogens with zero attached hydrogens (tertiary/aromatic N) is 4. The van der Waals surface area contributed by atoms with Crippen LogP contribution >= 0.6 is 0 Å². The molecular weight excluding hydrogens is 517 g/mol. The number of hydrogen-bond donors (Lipinski definition) is 3. The lowest BCUT2D eigenvalue weighted by Crippen LogP contribution is -2.30. The van der Waals surface area contributed by atoms with Crippen LogP contribution in [0.1, 0.15) is 43.7 Å². The number of carboxylic acid groups (broad SMARTS) is 1. The van der Waals surface area contributed by atoms with E-state index in [1.807, 2.05) is 48.5 Å². The third-order valence-electron chi connectivity index (χ3n) is 5.75. The molecule has 5 rings (SSSR count). The zero-order valence-corrected chi connectivity index (χ0v) is 20.1. The summed E-state index contributed by atoms with van der Waals surface area (Å²) in [5.41, 5.74) is 3.52. The second kappa shape index (κ2) is 11.5. The largest absolute Gasteiger partial charge is 0.490 e. The Morgan fingerprint density at radius 1 is 1.00 bits per heavy atom. The van der Waals surface area contributed by atoms with Crippen LogP contribution < -0.4 is 10.2 Å². The molecule has 0 bridgehead atoms. The second-order valence-electron chi connectivity index (χ2n) is 8.29. The SMILES string of the molecule is O=C(NCc1ccccn1)c1ccc2c(c1)C(c1ncn[nH]1)CN2C(=O)c1ccccc1.O=C(O)C(F)(F)F. The van der Waals surface area contributed by atoms with Crippen molar-refractivity contribution >= 4 is 23.5 Å². The first-order valence-electron chi connectivity index (χ1n) is 11.5. The number of aromatic amines is 1. The number of pyridine rings is 1. The molecule has 13 heteroatoms. The summed E-state index contributed by atoms with van der Waals surface area (Å²) in [6.45, 7) is 0.748. The van der Waals surface area contributed by atoms with E-state index in [9.17, 15) is 22.8 Å². The Balaban J connectivity index is 0.000000448. The second-order valence-corrected chi connectivity index (χ2v) is 8.29. The molecule has 2 amide bonds. The van der Waals surface area contributed by atoms with Crippen LogP contribution in [-0.4, -0.2) is 55.8 Å². The number of benzene rings is 2. The number of rotatable bonds is 5. The molecule has 3 N–H and O–H groups in total. The molecule has 0 saturated carbocycles. The maximum absolute atomic E-state index is 13.2. The minimum atomic E-state index is -5.08. The van der Waals surface area contributed by atoms with Crippen LogP contribution in [-0.2, 0) is 11.3 Å².